The summed E-state index contributed by atoms with van der Waals surface area (Å²) in [6.45, 7) is 6.18. The zero-order valence-electron chi connectivity index (χ0n) is 12.8. The zero-order valence-corrected chi connectivity index (χ0v) is 12.8. The summed E-state index contributed by atoms with van der Waals surface area (Å²) in [5, 5.41) is 0. The second-order valence-electron chi connectivity index (χ2n) is 5.88. The summed E-state index contributed by atoms with van der Waals surface area (Å²) in [4.78, 5) is 12.1. The van der Waals surface area contributed by atoms with Crippen LogP contribution in [0.25, 0.3) is 0 Å². The third-order valence-corrected chi connectivity index (χ3v) is 3.64. The van der Waals surface area contributed by atoms with E-state index in [-0.39, 0.29) is 18.0 Å². The minimum Gasteiger partial charge on any atom is -0.299 e. The molecule has 2 rings (SSSR count). The number of ketones is 1. The van der Waals surface area contributed by atoms with Crippen molar-refractivity contribution in [3.05, 3.63) is 70.5 Å². The molecule has 0 amide bonds. The average Bonchev–Trinajstić information content (AvgIpc) is 2.43. The van der Waals surface area contributed by atoms with Crippen molar-refractivity contribution in [3.8, 4) is 0 Å². The smallest absolute Gasteiger partial charge is 0.141 e. The van der Waals surface area contributed by atoms with Crippen LogP contribution in [-0.2, 0) is 17.6 Å². The van der Waals surface area contributed by atoms with E-state index in [1.807, 2.05) is 19.1 Å². The van der Waals surface area contributed by atoms with Crippen molar-refractivity contribution in [2.75, 3.05) is 0 Å². The highest BCUT2D eigenvalue weighted by Crippen LogP contribution is 2.16. The van der Waals surface area contributed by atoms with Crippen LogP contribution < -0.4 is 0 Å². The van der Waals surface area contributed by atoms with Gasteiger partial charge < -0.3 is 0 Å². The number of carbonyl (C=O) groups excluding carboxylic acids is 1. The highest BCUT2D eigenvalue weighted by Gasteiger charge is 2.10. The van der Waals surface area contributed by atoms with Gasteiger partial charge in [-0.1, -0.05) is 55.8 Å². The number of carbonyl (C=O) groups is 1. The molecule has 0 heterocycles. The third kappa shape index (κ3) is 4.25. The minimum absolute atomic E-state index is 0.0387. The third-order valence-electron chi connectivity index (χ3n) is 3.64. The van der Waals surface area contributed by atoms with E-state index in [1.54, 1.807) is 12.1 Å². The molecule has 0 saturated heterocycles. The van der Waals surface area contributed by atoms with Gasteiger partial charge in [0.05, 0.1) is 0 Å². The van der Waals surface area contributed by atoms with E-state index in [0.717, 1.165) is 11.1 Å². The van der Waals surface area contributed by atoms with Gasteiger partial charge in [0.2, 0.25) is 0 Å². The fourth-order valence-corrected chi connectivity index (χ4v) is 2.36. The van der Waals surface area contributed by atoms with Gasteiger partial charge in [-0.25, -0.2) is 4.39 Å². The van der Waals surface area contributed by atoms with Crippen LogP contribution in [0.1, 0.15) is 42.0 Å². The van der Waals surface area contributed by atoms with E-state index in [2.05, 4.69) is 26.0 Å². The maximum atomic E-state index is 13.7. The summed E-state index contributed by atoms with van der Waals surface area (Å²) in [6.07, 6.45) is 0.505. The van der Waals surface area contributed by atoms with E-state index in [9.17, 15) is 9.18 Å². The Labute approximate surface area is 125 Å². The minimum atomic E-state index is -0.302. The maximum absolute atomic E-state index is 13.7. The lowest BCUT2D eigenvalue weighted by Gasteiger charge is -2.07. The lowest BCUT2D eigenvalue weighted by Crippen LogP contribution is -2.08. The lowest BCUT2D eigenvalue weighted by atomic mass is 9.98. The fraction of sp³-hybridized carbons (Fsp3) is 0.316. The number of rotatable bonds is 5. The molecule has 1 nitrogen and oxygen atoms in total. The molecule has 2 heteroatoms. The van der Waals surface area contributed by atoms with Crippen molar-refractivity contribution in [1.82, 2.24) is 0 Å². The van der Waals surface area contributed by atoms with Crippen LogP contribution in [0.3, 0.4) is 0 Å². The molecule has 110 valence electrons. The van der Waals surface area contributed by atoms with E-state index >= 15 is 0 Å². The molecule has 2 aromatic rings. The van der Waals surface area contributed by atoms with Crippen molar-refractivity contribution < 1.29 is 9.18 Å². The predicted molar refractivity (Wildman–Crippen MR) is 84.1 cm³/mol. The first-order chi connectivity index (χ1) is 9.95. The number of halogens is 1. The summed E-state index contributed by atoms with van der Waals surface area (Å²) < 4.78 is 13.7. The molecule has 0 radical (unpaired) electrons. The lowest BCUT2D eigenvalue weighted by molar-refractivity contribution is -0.117. The Morgan fingerprint density at radius 2 is 1.71 bits per heavy atom. The van der Waals surface area contributed by atoms with Crippen LogP contribution in [0.15, 0.2) is 42.5 Å². The van der Waals surface area contributed by atoms with Gasteiger partial charge in [0, 0.05) is 12.8 Å². The Morgan fingerprint density at radius 1 is 1.05 bits per heavy atom. The number of Topliss-reactive ketones (excluding diaryl/α,β-unsaturated/α-hetero) is 1. The number of hydrogen-bond acceptors (Lipinski definition) is 1. The fourth-order valence-electron chi connectivity index (χ4n) is 2.36. The van der Waals surface area contributed by atoms with Gasteiger partial charge >= 0.3 is 0 Å². The first-order valence-corrected chi connectivity index (χ1v) is 7.31. The standard InChI is InChI=1S/C19H21FO/c1-13(2)16-7-5-15(6-8-16)11-18(21)12-17-10-14(3)4-9-19(17)20/h4-10,13H,11-12H2,1-3H3. The quantitative estimate of drug-likeness (QED) is 0.783. The molecule has 0 saturated carbocycles. The molecular formula is C19H21FO. The van der Waals surface area contributed by atoms with Crippen LogP contribution in [-0.4, -0.2) is 5.78 Å². The molecule has 0 fully saturated rings. The largest absolute Gasteiger partial charge is 0.299 e. The van der Waals surface area contributed by atoms with Gasteiger partial charge in [-0.05, 0) is 35.6 Å². The second kappa shape index (κ2) is 6.66. The first kappa shape index (κ1) is 15.4. The molecule has 0 unspecified atom stereocenters. The molecule has 0 aliphatic rings. The number of hydrogen-bond donors (Lipinski definition) is 0. The van der Waals surface area contributed by atoms with Crippen LogP contribution in [0.4, 0.5) is 4.39 Å². The van der Waals surface area contributed by atoms with Crippen LogP contribution in [0.5, 0.6) is 0 Å². The van der Waals surface area contributed by atoms with Gasteiger partial charge in [0.25, 0.3) is 0 Å². The number of benzene rings is 2. The highest BCUT2D eigenvalue weighted by atomic mass is 19.1. The molecule has 0 spiro atoms. The van der Waals surface area contributed by atoms with Gasteiger partial charge in [-0.2, -0.15) is 0 Å². The monoisotopic (exact) mass is 284 g/mol. The van der Waals surface area contributed by atoms with E-state index in [4.69, 9.17) is 0 Å². The Balaban J connectivity index is 2.03. The Morgan fingerprint density at radius 3 is 2.33 bits per heavy atom. The molecule has 21 heavy (non-hydrogen) atoms. The normalized spacial score (nSPS) is 10.9. The van der Waals surface area contributed by atoms with Crippen molar-refractivity contribution in [2.24, 2.45) is 0 Å². The maximum Gasteiger partial charge on any atom is 0.141 e. The summed E-state index contributed by atoms with van der Waals surface area (Å²) in [5.41, 5.74) is 3.70. The second-order valence-corrected chi connectivity index (χ2v) is 5.88. The summed E-state index contributed by atoms with van der Waals surface area (Å²) in [5.74, 6) is 0.219. The van der Waals surface area contributed by atoms with Crippen molar-refractivity contribution in [2.45, 2.75) is 39.5 Å². The topological polar surface area (TPSA) is 17.1 Å². The van der Waals surface area contributed by atoms with E-state index in [1.165, 1.54) is 11.6 Å². The molecule has 0 aliphatic heterocycles. The number of aryl methyl sites for hydroxylation is 1. The summed E-state index contributed by atoms with van der Waals surface area (Å²) in [7, 11) is 0. The molecule has 0 aromatic heterocycles. The molecule has 0 N–H and O–H groups in total. The molecule has 0 bridgehead atoms. The van der Waals surface area contributed by atoms with Crippen LogP contribution >= 0.6 is 0 Å². The Hall–Kier alpha value is -1.96. The van der Waals surface area contributed by atoms with E-state index in [0.29, 0.717) is 17.9 Å². The molecular weight excluding hydrogens is 263 g/mol. The Kier molecular flexibility index (Phi) is 4.89. The summed E-state index contributed by atoms with van der Waals surface area (Å²) >= 11 is 0. The average molecular weight is 284 g/mol. The van der Waals surface area contributed by atoms with Gasteiger partial charge in [-0.3, -0.25) is 4.79 Å². The van der Waals surface area contributed by atoms with Gasteiger partial charge in [0.15, 0.2) is 0 Å². The molecule has 0 atom stereocenters. The van der Waals surface area contributed by atoms with Crippen molar-refractivity contribution >= 4 is 5.78 Å². The Bertz CT molecular complexity index is 627. The van der Waals surface area contributed by atoms with Crippen LogP contribution in [0.2, 0.25) is 0 Å². The predicted octanol–water partition coefficient (Wildman–Crippen LogP) is 4.61. The van der Waals surface area contributed by atoms with Crippen molar-refractivity contribution in [3.63, 3.8) is 0 Å². The zero-order chi connectivity index (χ0) is 15.4. The molecule has 0 aliphatic carbocycles. The summed E-state index contributed by atoms with van der Waals surface area (Å²) in [6, 6.07) is 13.0. The highest BCUT2D eigenvalue weighted by molar-refractivity contribution is 5.83. The van der Waals surface area contributed by atoms with Gasteiger partial charge in [0.1, 0.15) is 11.6 Å². The molecule has 2 aromatic carbocycles. The first-order valence-electron chi connectivity index (χ1n) is 7.31. The van der Waals surface area contributed by atoms with Gasteiger partial charge in [-0.15, -0.1) is 0 Å². The van der Waals surface area contributed by atoms with Crippen LogP contribution in [0, 0.1) is 12.7 Å². The van der Waals surface area contributed by atoms with E-state index < -0.39 is 0 Å². The SMILES string of the molecule is Cc1ccc(F)c(CC(=O)Cc2ccc(C(C)C)cc2)c1. The van der Waals surface area contributed by atoms with Crippen molar-refractivity contribution in [1.29, 1.82) is 0 Å².